The molecule has 15 aromatic carbocycles. The van der Waals surface area contributed by atoms with Crippen LogP contribution in [0.15, 0.2) is 339 Å². The van der Waals surface area contributed by atoms with E-state index in [0.717, 1.165) is 78.1 Å². The van der Waals surface area contributed by atoms with Crippen LogP contribution in [0, 0.1) is 0 Å². The van der Waals surface area contributed by atoms with Crippen LogP contribution in [0.1, 0.15) is 57.7 Å². The molecule has 0 saturated heterocycles. The largest absolute Gasteiger partial charge is 0.251 e. The zero-order chi connectivity index (χ0) is 61.5. The van der Waals surface area contributed by atoms with Crippen LogP contribution in [0.4, 0.5) is 5.69 Å². The van der Waals surface area contributed by atoms with Crippen molar-refractivity contribution >= 4 is 76.4 Å². The van der Waals surface area contributed by atoms with Crippen molar-refractivity contribution in [2.45, 2.75) is 18.8 Å². The molecule has 2 aliphatic rings. The van der Waals surface area contributed by atoms with Crippen LogP contribution in [0.2, 0.25) is 0 Å². The fourth-order valence-corrected chi connectivity index (χ4v) is 15.4. The molecule has 93 heavy (non-hydrogen) atoms. The van der Waals surface area contributed by atoms with Crippen molar-refractivity contribution in [1.82, 2.24) is 4.98 Å². The molecule has 0 spiro atoms. The molecular formula is C91H60N2. The van der Waals surface area contributed by atoms with E-state index in [1.54, 1.807) is 0 Å². The highest BCUT2D eigenvalue weighted by Gasteiger charge is 2.33. The molecule has 0 amide bonds. The van der Waals surface area contributed by atoms with Crippen molar-refractivity contribution in [1.29, 1.82) is 0 Å². The third-order valence-corrected chi connectivity index (χ3v) is 19.8. The van der Waals surface area contributed by atoms with Crippen molar-refractivity contribution in [3.63, 3.8) is 0 Å². The molecule has 2 heterocycles. The van der Waals surface area contributed by atoms with Crippen LogP contribution < -0.4 is 0 Å². The number of hydrogen-bond acceptors (Lipinski definition) is 2. The van der Waals surface area contributed by atoms with Gasteiger partial charge >= 0.3 is 0 Å². The predicted octanol–water partition coefficient (Wildman–Crippen LogP) is 24.2. The van der Waals surface area contributed by atoms with Crippen molar-refractivity contribution in [2.24, 2.45) is 4.99 Å². The molecule has 0 bridgehead atoms. The molecule has 1 aliphatic carbocycles. The van der Waals surface area contributed by atoms with Crippen molar-refractivity contribution in [3.05, 3.63) is 373 Å². The standard InChI is InChI=1S/C91H60N2/c1-57-79-50-66(46-48-77(79)88(62-24-8-3-9-25-62)87(57)61-22-6-2-7-23-61)58-40-44-65(45-41-58)90-84-54-70(80-51-68-30-14-16-32-71(68)73-34-18-20-36-75(73)80)53-82(81-52-69-31-15-17-33-72(69)74-35-19-21-37-76(74)81)83(84)56-85(92-90)60-42-38-59(39-43-60)67-47-49-78-86(55-67)93-91(64-28-12-5-13-29-64)89(78)63-26-10-4-11-27-63/h2-56,88-89H,1H3. The Morgan fingerprint density at radius 3 is 1.33 bits per heavy atom. The van der Waals surface area contributed by atoms with E-state index in [1.165, 1.54) is 104 Å². The molecular weight excluding hydrogens is 1120 g/mol. The van der Waals surface area contributed by atoms with Gasteiger partial charge in [0.2, 0.25) is 0 Å². The van der Waals surface area contributed by atoms with Crippen LogP contribution in [0.3, 0.4) is 0 Å². The lowest BCUT2D eigenvalue weighted by atomic mass is 9.84. The molecule has 1 aromatic heterocycles. The summed E-state index contributed by atoms with van der Waals surface area (Å²) in [6, 6.07) is 123. The van der Waals surface area contributed by atoms with Gasteiger partial charge in [0.1, 0.15) is 0 Å². The average molecular weight is 1180 g/mol. The van der Waals surface area contributed by atoms with E-state index in [4.69, 9.17) is 9.98 Å². The highest BCUT2D eigenvalue weighted by molar-refractivity contribution is 6.20. The van der Waals surface area contributed by atoms with Crippen LogP contribution in [0.5, 0.6) is 0 Å². The van der Waals surface area contributed by atoms with Gasteiger partial charge in [-0.05, 0) is 192 Å². The highest BCUT2D eigenvalue weighted by Crippen LogP contribution is 2.52. The van der Waals surface area contributed by atoms with Crippen molar-refractivity contribution in [2.75, 3.05) is 0 Å². The smallest absolute Gasteiger partial charge is 0.0788 e. The van der Waals surface area contributed by atoms with Crippen LogP contribution in [0.25, 0.3) is 132 Å². The molecule has 2 nitrogen and oxygen atoms in total. The van der Waals surface area contributed by atoms with Gasteiger partial charge < -0.3 is 0 Å². The first kappa shape index (κ1) is 54.1. The van der Waals surface area contributed by atoms with Gasteiger partial charge in [-0.25, -0.2) is 4.98 Å². The zero-order valence-electron chi connectivity index (χ0n) is 51.3. The number of aliphatic imine (C=N–C) groups is 1. The monoisotopic (exact) mass is 1180 g/mol. The maximum absolute atomic E-state index is 5.87. The summed E-state index contributed by atoms with van der Waals surface area (Å²) in [5.41, 5.74) is 26.8. The van der Waals surface area contributed by atoms with Gasteiger partial charge in [-0.15, -0.1) is 0 Å². The van der Waals surface area contributed by atoms with Crippen molar-refractivity contribution in [3.8, 4) is 67.0 Å². The minimum atomic E-state index is 0.0486. The van der Waals surface area contributed by atoms with Gasteiger partial charge in [0.25, 0.3) is 0 Å². The number of allylic oxidation sites excluding steroid dienone is 2. The normalized spacial score (nSPS) is 14.3. The topological polar surface area (TPSA) is 25.2 Å². The fourth-order valence-electron chi connectivity index (χ4n) is 15.4. The molecule has 2 unspecified atom stereocenters. The molecule has 434 valence electrons. The van der Waals surface area contributed by atoms with E-state index in [-0.39, 0.29) is 11.8 Å². The number of hydrogen-bond donors (Lipinski definition) is 0. The van der Waals surface area contributed by atoms with Crippen LogP contribution in [-0.4, -0.2) is 10.7 Å². The second-order valence-electron chi connectivity index (χ2n) is 25.0. The lowest BCUT2D eigenvalue weighted by Crippen LogP contribution is -2.11. The minimum Gasteiger partial charge on any atom is -0.251 e. The molecule has 0 fully saturated rings. The summed E-state index contributed by atoms with van der Waals surface area (Å²) in [5, 5.41) is 12.0. The van der Waals surface area contributed by atoms with E-state index < -0.39 is 0 Å². The Kier molecular flexibility index (Phi) is 13.0. The van der Waals surface area contributed by atoms with Crippen molar-refractivity contribution < 1.29 is 0 Å². The minimum absolute atomic E-state index is 0.0486. The highest BCUT2D eigenvalue weighted by atomic mass is 14.8. The summed E-state index contributed by atoms with van der Waals surface area (Å²) >= 11 is 0. The lowest BCUT2D eigenvalue weighted by molar-refractivity contribution is 1.07. The second-order valence-corrected chi connectivity index (χ2v) is 25.0. The number of aromatic nitrogens is 1. The van der Waals surface area contributed by atoms with Gasteiger partial charge in [0, 0.05) is 22.4 Å². The summed E-state index contributed by atoms with van der Waals surface area (Å²) in [4.78, 5) is 11.3. The van der Waals surface area contributed by atoms with Gasteiger partial charge in [-0.2, -0.15) is 0 Å². The van der Waals surface area contributed by atoms with E-state index >= 15 is 0 Å². The molecule has 0 N–H and O–H groups in total. The first-order valence-electron chi connectivity index (χ1n) is 32.3. The summed E-state index contributed by atoms with van der Waals surface area (Å²) in [6.07, 6.45) is 0. The van der Waals surface area contributed by atoms with Gasteiger partial charge in [-0.1, -0.05) is 291 Å². The Morgan fingerprint density at radius 2 is 0.710 bits per heavy atom. The molecule has 16 aromatic rings. The molecule has 18 rings (SSSR count). The number of rotatable bonds is 10. The SMILES string of the molecule is CC1=C(c2ccccc2)C(c2ccccc2)c2ccc(-c3ccc(-c4nc(-c5ccc(-c6ccc7c(c6)N=C(c6ccccc6)C7c6ccccc6)cc5)cc5c(-c6cc7ccccc7c7ccccc67)cc(-c6cc7ccccc7c7ccccc67)cc45)cc3)cc21. The number of benzene rings is 15. The van der Waals surface area contributed by atoms with E-state index in [2.05, 4.69) is 341 Å². The fraction of sp³-hybridized carbons (Fsp3) is 0.0330. The Morgan fingerprint density at radius 1 is 0.258 bits per heavy atom. The van der Waals surface area contributed by atoms with E-state index in [9.17, 15) is 0 Å². The lowest BCUT2D eigenvalue weighted by Gasteiger charge is -2.19. The maximum Gasteiger partial charge on any atom is 0.0788 e. The predicted molar refractivity (Wildman–Crippen MR) is 393 cm³/mol. The van der Waals surface area contributed by atoms with Gasteiger partial charge in [-0.3, -0.25) is 4.99 Å². The van der Waals surface area contributed by atoms with Crippen LogP contribution >= 0.6 is 0 Å². The van der Waals surface area contributed by atoms with E-state index in [1.807, 2.05) is 0 Å². The van der Waals surface area contributed by atoms with Crippen LogP contribution in [-0.2, 0) is 0 Å². The molecule has 2 atom stereocenters. The quantitative estimate of drug-likeness (QED) is 0.125. The van der Waals surface area contributed by atoms with Gasteiger partial charge in [0.05, 0.1) is 28.7 Å². The second kappa shape index (κ2) is 22.3. The third kappa shape index (κ3) is 9.24. The molecule has 0 radical (unpaired) electrons. The Labute approximate surface area is 541 Å². The zero-order valence-corrected chi connectivity index (χ0v) is 51.3. The van der Waals surface area contributed by atoms with E-state index in [0.29, 0.717) is 0 Å². The average Bonchev–Trinajstić information content (AvgIpc) is 1.50. The maximum atomic E-state index is 5.87. The first-order chi connectivity index (χ1) is 46.0. The number of nitrogens with zero attached hydrogens (tertiary/aromatic N) is 2. The summed E-state index contributed by atoms with van der Waals surface area (Å²) < 4.78 is 0. The first-order valence-corrected chi connectivity index (χ1v) is 32.3. The Bertz CT molecular complexity index is 5710. The Balaban J connectivity index is 0.825. The number of pyridine rings is 1. The molecule has 0 saturated carbocycles. The van der Waals surface area contributed by atoms with Gasteiger partial charge in [0.15, 0.2) is 0 Å². The Hall–Kier alpha value is -11.8. The third-order valence-electron chi connectivity index (χ3n) is 19.8. The summed E-state index contributed by atoms with van der Waals surface area (Å²) in [7, 11) is 0. The summed E-state index contributed by atoms with van der Waals surface area (Å²) in [5.74, 6) is 0.195. The molecule has 1 aliphatic heterocycles. The number of fused-ring (bicyclic) bond motifs is 9. The summed E-state index contributed by atoms with van der Waals surface area (Å²) in [6.45, 7) is 2.31. The molecule has 2 heteroatoms.